The Hall–Kier alpha value is -1.07. The van der Waals surface area contributed by atoms with Gasteiger partial charge >= 0.3 is 6.03 Å². The lowest BCUT2D eigenvalue weighted by molar-refractivity contribution is 0.0671. The van der Waals surface area contributed by atoms with Gasteiger partial charge in [0.15, 0.2) is 0 Å². The zero-order valence-corrected chi connectivity index (χ0v) is 11.7. The molecule has 18 heavy (non-hydrogen) atoms. The lowest BCUT2D eigenvalue weighted by atomic mass is 10.0. The van der Waals surface area contributed by atoms with Crippen LogP contribution in [0.2, 0.25) is 0 Å². The molecule has 0 radical (unpaired) electrons. The first-order chi connectivity index (χ1) is 8.74. The van der Waals surface area contributed by atoms with Crippen LogP contribution in [-0.4, -0.2) is 25.8 Å². The van der Waals surface area contributed by atoms with E-state index in [0.717, 1.165) is 36.2 Å². The third kappa shape index (κ3) is 4.31. The van der Waals surface area contributed by atoms with Gasteiger partial charge in [0.2, 0.25) is 0 Å². The van der Waals surface area contributed by atoms with Gasteiger partial charge in [-0.1, -0.05) is 15.9 Å². The van der Waals surface area contributed by atoms with Crippen molar-refractivity contribution in [1.29, 1.82) is 0 Å². The monoisotopic (exact) mass is 312 g/mol. The predicted octanol–water partition coefficient (Wildman–Crippen LogP) is 3.00. The van der Waals surface area contributed by atoms with Crippen molar-refractivity contribution in [1.82, 2.24) is 5.32 Å². The summed E-state index contributed by atoms with van der Waals surface area (Å²) in [5.41, 5.74) is 0.794. The summed E-state index contributed by atoms with van der Waals surface area (Å²) in [6, 6.07) is 7.36. The molecule has 0 aliphatic carbocycles. The van der Waals surface area contributed by atoms with E-state index in [0.29, 0.717) is 12.5 Å². The van der Waals surface area contributed by atoms with Crippen molar-refractivity contribution in [3.05, 3.63) is 28.7 Å². The van der Waals surface area contributed by atoms with Crippen LogP contribution in [0.25, 0.3) is 0 Å². The van der Waals surface area contributed by atoms with Gasteiger partial charge in [0.1, 0.15) is 0 Å². The molecule has 0 atom stereocenters. The Morgan fingerprint density at radius 3 is 2.61 bits per heavy atom. The van der Waals surface area contributed by atoms with Crippen LogP contribution in [0.4, 0.5) is 10.5 Å². The zero-order chi connectivity index (χ0) is 12.8. The van der Waals surface area contributed by atoms with E-state index in [4.69, 9.17) is 4.74 Å². The first-order valence-electron chi connectivity index (χ1n) is 6.12. The summed E-state index contributed by atoms with van der Waals surface area (Å²) < 4.78 is 6.28. The van der Waals surface area contributed by atoms with Gasteiger partial charge in [-0.2, -0.15) is 0 Å². The Balaban J connectivity index is 1.73. The minimum Gasteiger partial charge on any atom is -0.381 e. The summed E-state index contributed by atoms with van der Waals surface area (Å²) >= 11 is 3.35. The quantitative estimate of drug-likeness (QED) is 0.901. The fourth-order valence-corrected chi connectivity index (χ4v) is 2.16. The number of carbonyl (C=O) groups excluding carboxylic acids is 1. The van der Waals surface area contributed by atoms with Gasteiger partial charge in [-0.3, -0.25) is 0 Å². The minimum atomic E-state index is -0.149. The number of hydrogen-bond acceptors (Lipinski definition) is 2. The van der Waals surface area contributed by atoms with Crippen LogP contribution in [0.3, 0.4) is 0 Å². The van der Waals surface area contributed by atoms with Gasteiger partial charge in [0.05, 0.1) is 0 Å². The maximum absolute atomic E-state index is 11.7. The highest BCUT2D eigenvalue weighted by Crippen LogP contribution is 2.15. The molecule has 0 unspecified atom stereocenters. The Kier molecular flexibility index (Phi) is 5.01. The molecule has 1 saturated heterocycles. The number of anilines is 1. The average molecular weight is 313 g/mol. The van der Waals surface area contributed by atoms with Crippen molar-refractivity contribution in [3.8, 4) is 0 Å². The molecule has 2 N–H and O–H groups in total. The first kappa shape index (κ1) is 13.4. The second kappa shape index (κ2) is 6.75. The molecule has 1 aliphatic heterocycles. The van der Waals surface area contributed by atoms with Gasteiger partial charge in [-0.15, -0.1) is 0 Å². The molecule has 2 amide bonds. The normalized spacial score (nSPS) is 16.3. The van der Waals surface area contributed by atoms with E-state index >= 15 is 0 Å². The Labute approximate surface area is 115 Å². The predicted molar refractivity (Wildman–Crippen MR) is 74.7 cm³/mol. The summed E-state index contributed by atoms with van der Waals surface area (Å²) in [4.78, 5) is 11.7. The first-order valence-corrected chi connectivity index (χ1v) is 6.91. The maximum atomic E-state index is 11.7. The molecule has 0 saturated carbocycles. The zero-order valence-electron chi connectivity index (χ0n) is 10.1. The van der Waals surface area contributed by atoms with E-state index in [1.807, 2.05) is 24.3 Å². The van der Waals surface area contributed by atoms with Crippen LogP contribution >= 0.6 is 15.9 Å². The Morgan fingerprint density at radius 2 is 1.94 bits per heavy atom. The molecule has 1 fully saturated rings. The SMILES string of the molecule is O=C(NCC1CCOCC1)Nc1ccc(Br)cc1. The van der Waals surface area contributed by atoms with E-state index in [1.165, 1.54) is 0 Å². The molecule has 1 heterocycles. The van der Waals surface area contributed by atoms with Gasteiger partial charge in [-0.05, 0) is 43.0 Å². The molecule has 1 aromatic carbocycles. The van der Waals surface area contributed by atoms with Gasteiger partial charge < -0.3 is 15.4 Å². The topological polar surface area (TPSA) is 50.4 Å². The molecular formula is C13H17BrN2O2. The lowest BCUT2D eigenvalue weighted by Gasteiger charge is -2.22. The third-order valence-electron chi connectivity index (χ3n) is 2.99. The Morgan fingerprint density at radius 1 is 1.28 bits per heavy atom. The largest absolute Gasteiger partial charge is 0.381 e. The summed E-state index contributed by atoms with van der Waals surface area (Å²) in [7, 11) is 0. The highest BCUT2D eigenvalue weighted by atomic mass is 79.9. The van der Waals surface area contributed by atoms with Crippen molar-refractivity contribution in [2.75, 3.05) is 25.1 Å². The van der Waals surface area contributed by atoms with Crippen LogP contribution in [0, 0.1) is 5.92 Å². The highest BCUT2D eigenvalue weighted by Gasteiger charge is 2.14. The number of carbonyl (C=O) groups is 1. The molecule has 5 heteroatoms. The van der Waals surface area contributed by atoms with E-state index in [9.17, 15) is 4.79 Å². The second-order valence-corrected chi connectivity index (χ2v) is 5.31. The lowest BCUT2D eigenvalue weighted by Crippen LogP contribution is -2.35. The van der Waals surface area contributed by atoms with E-state index < -0.39 is 0 Å². The van der Waals surface area contributed by atoms with Crippen LogP contribution < -0.4 is 10.6 Å². The number of urea groups is 1. The summed E-state index contributed by atoms with van der Waals surface area (Å²) in [5, 5.41) is 5.70. The Bertz CT molecular complexity index is 388. The van der Waals surface area contributed by atoms with Crippen molar-refractivity contribution >= 4 is 27.6 Å². The van der Waals surface area contributed by atoms with Crippen molar-refractivity contribution in [2.45, 2.75) is 12.8 Å². The van der Waals surface area contributed by atoms with Gasteiger partial charge in [0, 0.05) is 29.9 Å². The van der Waals surface area contributed by atoms with E-state index in [2.05, 4.69) is 26.6 Å². The average Bonchev–Trinajstić information content (AvgIpc) is 2.40. The number of nitrogens with one attached hydrogen (secondary N) is 2. The minimum absolute atomic E-state index is 0.149. The number of rotatable bonds is 3. The molecule has 4 nitrogen and oxygen atoms in total. The van der Waals surface area contributed by atoms with Gasteiger partial charge in [0.25, 0.3) is 0 Å². The second-order valence-electron chi connectivity index (χ2n) is 4.40. The van der Waals surface area contributed by atoms with Crippen LogP contribution in [-0.2, 0) is 4.74 Å². The van der Waals surface area contributed by atoms with Crippen molar-refractivity contribution in [2.24, 2.45) is 5.92 Å². The number of amides is 2. The summed E-state index contributed by atoms with van der Waals surface area (Å²) in [6.07, 6.45) is 2.05. The molecular weight excluding hydrogens is 296 g/mol. The standard InChI is InChI=1S/C13H17BrN2O2/c14-11-1-3-12(4-2-11)16-13(17)15-9-10-5-7-18-8-6-10/h1-4,10H,5-9H2,(H2,15,16,17). The highest BCUT2D eigenvalue weighted by molar-refractivity contribution is 9.10. The van der Waals surface area contributed by atoms with Crippen molar-refractivity contribution < 1.29 is 9.53 Å². The molecule has 1 aromatic rings. The number of hydrogen-bond donors (Lipinski definition) is 2. The number of ether oxygens (including phenoxy) is 1. The van der Waals surface area contributed by atoms with Crippen LogP contribution in [0.5, 0.6) is 0 Å². The molecule has 1 aliphatic rings. The fourth-order valence-electron chi connectivity index (χ4n) is 1.90. The van der Waals surface area contributed by atoms with E-state index in [1.54, 1.807) is 0 Å². The smallest absolute Gasteiger partial charge is 0.319 e. The molecule has 0 bridgehead atoms. The maximum Gasteiger partial charge on any atom is 0.319 e. The van der Waals surface area contributed by atoms with Gasteiger partial charge in [-0.25, -0.2) is 4.79 Å². The molecule has 98 valence electrons. The number of benzene rings is 1. The molecule has 2 rings (SSSR count). The van der Waals surface area contributed by atoms with Crippen LogP contribution in [0.15, 0.2) is 28.7 Å². The van der Waals surface area contributed by atoms with Crippen LogP contribution in [0.1, 0.15) is 12.8 Å². The summed E-state index contributed by atoms with van der Waals surface area (Å²) in [6.45, 7) is 2.33. The van der Waals surface area contributed by atoms with Crippen molar-refractivity contribution in [3.63, 3.8) is 0 Å². The fraction of sp³-hybridized carbons (Fsp3) is 0.462. The molecule has 0 spiro atoms. The van der Waals surface area contributed by atoms with E-state index in [-0.39, 0.29) is 6.03 Å². The molecule has 0 aromatic heterocycles. The third-order valence-corrected chi connectivity index (χ3v) is 3.52. The number of halogens is 1. The summed E-state index contributed by atoms with van der Waals surface area (Å²) in [5.74, 6) is 0.536.